The fraction of sp³-hybridized carbons (Fsp3) is 0.200. The van der Waals surface area contributed by atoms with Crippen molar-refractivity contribution in [2.24, 2.45) is 0 Å². The lowest BCUT2D eigenvalue weighted by Crippen LogP contribution is -2.05. The molecule has 0 aliphatic heterocycles. The summed E-state index contributed by atoms with van der Waals surface area (Å²) < 4.78 is 24.0. The summed E-state index contributed by atoms with van der Waals surface area (Å²) in [6.07, 6.45) is 5.26. The van der Waals surface area contributed by atoms with Crippen LogP contribution in [0, 0.1) is 12.3 Å². The molecule has 0 atom stereocenters. The fourth-order valence-electron chi connectivity index (χ4n) is 0.953. The number of sulfone groups is 1. The third-order valence-electron chi connectivity index (χ3n) is 1.69. The van der Waals surface area contributed by atoms with Gasteiger partial charge in [-0.25, -0.2) is 8.42 Å². The van der Waals surface area contributed by atoms with Crippen LogP contribution in [-0.2, 0) is 9.84 Å². The lowest BCUT2D eigenvalue weighted by Gasteiger charge is -2.01. The van der Waals surface area contributed by atoms with Crippen LogP contribution in [0.15, 0.2) is 33.6 Å². The van der Waals surface area contributed by atoms with Crippen LogP contribution in [0.2, 0.25) is 0 Å². The predicted molar refractivity (Wildman–Crippen MR) is 59.6 cm³/mol. The van der Waals surface area contributed by atoms with Crippen LogP contribution >= 0.6 is 15.9 Å². The summed E-state index contributed by atoms with van der Waals surface area (Å²) in [5, 5.41) is 0. The Kier molecular flexibility index (Phi) is 3.73. The number of rotatable bonds is 3. The van der Waals surface area contributed by atoms with E-state index in [4.69, 9.17) is 6.42 Å². The maximum Gasteiger partial charge on any atom is 0.179 e. The smallest absolute Gasteiger partial charge is 0.179 e. The predicted octanol–water partition coefficient (Wildman–Crippen LogP) is 2.25. The zero-order chi connectivity index (χ0) is 10.6. The maximum atomic E-state index is 11.6. The van der Waals surface area contributed by atoms with Gasteiger partial charge in [-0.2, -0.15) is 0 Å². The minimum atomic E-state index is -3.20. The van der Waals surface area contributed by atoms with Gasteiger partial charge in [-0.3, -0.25) is 0 Å². The molecule has 74 valence electrons. The number of benzene rings is 1. The SMILES string of the molecule is C#CCCS(=O)(=O)c1ccc(Br)cc1. The van der Waals surface area contributed by atoms with Gasteiger partial charge in [0.15, 0.2) is 9.84 Å². The molecule has 0 fully saturated rings. The molecular weight excluding hydrogens is 264 g/mol. The fourth-order valence-corrected chi connectivity index (χ4v) is 2.39. The normalized spacial score (nSPS) is 10.9. The number of hydrogen-bond acceptors (Lipinski definition) is 2. The summed E-state index contributed by atoms with van der Waals surface area (Å²) in [6, 6.07) is 6.53. The Morgan fingerprint density at radius 3 is 2.36 bits per heavy atom. The molecule has 0 aliphatic carbocycles. The highest BCUT2D eigenvalue weighted by atomic mass is 79.9. The van der Waals surface area contributed by atoms with Gasteiger partial charge in [0.1, 0.15) is 0 Å². The van der Waals surface area contributed by atoms with Crippen molar-refractivity contribution in [2.45, 2.75) is 11.3 Å². The number of halogens is 1. The highest BCUT2D eigenvalue weighted by Gasteiger charge is 2.12. The van der Waals surface area contributed by atoms with E-state index in [1.165, 1.54) is 0 Å². The molecule has 14 heavy (non-hydrogen) atoms. The van der Waals surface area contributed by atoms with E-state index in [2.05, 4.69) is 21.9 Å². The molecular formula is C10H9BrO2S. The van der Waals surface area contributed by atoms with E-state index in [9.17, 15) is 8.42 Å². The highest BCUT2D eigenvalue weighted by molar-refractivity contribution is 9.10. The first-order chi connectivity index (χ1) is 6.56. The molecule has 0 spiro atoms. The molecule has 0 amide bonds. The Hall–Kier alpha value is -0.790. The summed E-state index contributed by atoms with van der Waals surface area (Å²) in [4.78, 5) is 0.316. The van der Waals surface area contributed by atoms with Crippen molar-refractivity contribution in [3.8, 4) is 12.3 Å². The highest BCUT2D eigenvalue weighted by Crippen LogP contribution is 2.16. The number of terminal acetylenes is 1. The minimum Gasteiger partial charge on any atom is -0.224 e. The average molecular weight is 273 g/mol. The molecule has 0 saturated heterocycles. The molecule has 0 unspecified atom stereocenters. The molecule has 2 nitrogen and oxygen atoms in total. The van der Waals surface area contributed by atoms with Gasteiger partial charge >= 0.3 is 0 Å². The Labute approximate surface area is 92.4 Å². The van der Waals surface area contributed by atoms with E-state index in [0.717, 1.165) is 4.47 Å². The molecule has 0 heterocycles. The van der Waals surface area contributed by atoms with Crippen LogP contribution in [0.1, 0.15) is 6.42 Å². The van der Waals surface area contributed by atoms with Gasteiger partial charge in [0.25, 0.3) is 0 Å². The lowest BCUT2D eigenvalue weighted by atomic mass is 10.4. The Morgan fingerprint density at radius 1 is 1.29 bits per heavy atom. The van der Waals surface area contributed by atoms with E-state index in [0.29, 0.717) is 4.90 Å². The molecule has 1 aromatic rings. The first-order valence-corrected chi connectivity index (χ1v) is 6.42. The quantitative estimate of drug-likeness (QED) is 0.791. The summed E-state index contributed by atoms with van der Waals surface area (Å²) in [5.41, 5.74) is 0. The molecule has 0 N–H and O–H groups in total. The third-order valence-corrected chi connectivity index (χ3v) is 3.95. The lowest BCUT2D eigenvalue weighted by molar-refractivity contribution is 0.596. The Bertz CT molecular complexity index is 440. The molecule has 1 aromatic carbocycles. The molecule has 4 heteroatoms. The van der Waals surface area contributed by atoms with Crippen LogP contribution in [0.5, 0.6) is 0 Å². The molecule has 0 aromatic heterocycles. The van der Waals surface area contributed by atoms with E-state index in [1.807, 2.05) is 0 Å². The third kappa shape index (κ3) is 2.86. The van der Waals surface area contributed by atoms with Gasteiger partial charge in [0.2, 0.25) is 0 Å². The van der Waals surface area contributed by atoms with Crippen LogP contribution in [0.3, 0.4) is 0 Å². The summed E-state index contributed by atoms with van der Waals surface area (Å²) in [6.45, 7) is 0. The van der Waals surface area contributed by atoms with Crippen molar-refractivity contribution < 1.29 is 8.42 Å². The van der Waals surface area contributed by atoms with Crippen LogP contribution in [0.25, 0.3) is 0 Å². The van der Waals surface area contributed by atoms with Gasteiger partial charge in [0.05, 0.1) is 10.6 Å². The first kappa shape index (κ1) is 11.3. The Balaban J connectivity index is 2.94. The molecule has 0 aliphatic rings. The maximum absolute atomic E-state index is 11.6. The zero-order valence-electron chi connectivity index (χ0n) is 7.40. The largest absolute Gasteiger partial charge is 0.224 e. The summed E-state index contributed by atoms with van der Waals surface area (Å²) in [5.74, 6) is 2.32. The van der Waals surface area contributed by atoms with E-state index in [-0.39, 0.29) is 12.2 Å². The van der Waals surface area contributed by atoms with Gasteiger partial charge in [-0.05, 0) is 24.3 Å². The van der Waals surface area contributed by atoms with Crippen molar-refractivity contribution >= 4 is 25.8 Å². The van der Waals surface area contributed by atoms with Crippen molar-refractivity contribution in [2.75, 3.05) is 5.75 Å². The van der Waals surface area contributed by atoms with Gasteiger partial charge < -0.3 is 0 Å². The van der Waals surface area contributed by atoms with Gasteiger partial charge in [-0.15, -0.1) is 12.3 Å². The summed E-state index contributed by atoms with van der Waals surface area (Å²) in [7, 11) is -3.20. The average Bonchev–Trinajstić information content (AvgIpc) is 2.16. The minimum absolute atomic E-state index is 0.00509. The second kappa shape index (κ2) is 4.63. The second-order valence-electron chi connectivity index (χ2n) is 2.73. The van der Waals surface area contributed by atoms with Gasteiger partial charge in [0, 0.05) is 10.9 Å². The van der Waals surface area contributed by atoms with Crippen LogP contribution < -0.4 is 0 Å². The van der Waals surface area contributed by atoms with Crippen molar-refractivity contribution in [3.05, 3.63) is 28.7 Å². The molecule has 0 saturated carbocycles. The van der Waals surface area contributed by atoms with Crippen LogP contribution in [0.4, 0.5) is 0 Å². The Morgan fingerprint density at radius 2 is 1.86 bits per heavy atom. The second-order valence-corrected chi connectivity index (χ2v) is 5.75. The van der Waals surface area contributed by atoms with Gasteiger partial charge in [-0.1, -0.05) is 15.9 Å². The molecule has 0 bridgehead atoms. The monoisotopic (exact) mass is 272 g/mol. The first-order valence-electron chi connectivity index (χ1n) is 3.98. The van der Waals surface area contributed by atoms with Crippen molar-refractivity contribution in [1.82, 2.24) is 0 Å². The number of hydrogen-bond donors (Lipinski definition) is 0. The zero-order valence-corrected chi connectivity index (χ0v) is 9.81. The summed E-state index contributed by atoms with van der Waals surface area (Å²) >= 11 is 3.24. The van der Waals surface area contributed by atoms with E-state index < -0.39 is 9.84 Å². The molecule has 0 radical (unpaired) electrons. The van der Waals surface area contributed by atoms with Crippen molar-refractivity contribution in [1.29, 1.82) is 0 Å². The standard InChI is InChI=1S/C10H9BrO2S/c1-2-3-8-14(12,13)10-6-4-9(11)5-7-10/h1,4-7H,3,8H2. The van der Waals surface area contributed by atoms with E-state index >= 15 is 0 Å². The molecule has 1 rings (SSSR count). The van der Waals surface area contributed by atoms with Crippen molar-refractivity contribution in [3.63, 3.8) is 0 Å². The van der Waals surface area contributed by atoms with E-state index in [1.54, 1.807) is 24.3 Å². The topological polar surface area (TPSA) is 34.1 Å². The van der Waals surface area contributed by atoms with Crippen LogP contribution in [-0.4, -0.2) is 14.2 Å².